The van der Waals surface area contributed by atoms with Crippen LogP contribution in [0.25, 0.3) is 16.8 Å². The van der Waals surface area contributed by atoms with Crippen LogP contribution in [-0.4, -0.2) is 26.7 Å². The SMILES string of the molecule is C/C=C(\c1nc(C)c(-c2ccc(C(C)C)nc2CC)nc1C)C(CC)CCO.CC. The molecular formula is C26H41N3O. The Kier molecular flexibility index (Phi) is 10.9. The third-order valence-electron chi connectivity index (χ3n) is 5.42. The Morgan fingerprint density at radius 2 is 1.70 bits per heavy atom. The van der Waals surface area contributed by atoms with Crippen molar-refractivity contribution in [3.05, 3.63) is 46.7 Å². The van der Waals surface area contributed by atoms with E-state index in [1.165, 1.54) is 5.57 Å². The number of hydrogen-bond acceptors (Lipinski definition) is 4. The zero-order valence-electron chi connectivity index (χ0n) is 20.5. The molecule has 0 bridgehead atoms. The molecule has 1 N–H and O–H groups in total. The smallest absolute Gasteiger partial charge is 0.0936 e. The van der Waals surface area contributed by atoms with E-state index in [9.17, 15) is 5.11 Å². The molecule has 0 aliphatic carbocycles. The van der Waals surface area contributed by atoms with E-state index in [-0.39, 0.29) is 6.61 Å². The van der Waals surface area contributed by atoms with Gasteiger partial charge in [0, 0.05) is 23.6 Å². The van der Waals surface area contributed by atoms with Crippen LogP contribution in [0.5, 0.6) is 0 Å². The Morgan fingerprint density at radius 1 is 1.03 bits per heavy atom. The summed E-state index contributed by atoms with van der Waals surface area (Å²) < 4.78 is 0. The second kappa shape index (κ2) is 12.6. The molecule has 0 aliphatic rings. The van der Waals surface area contributed by atoms with Gasteiger partial charge in [0.15, 0.2) is 0 Å². The molecule has 2 aromatic rings. The maximum absolute atomic E-state index is 9.42. The zero-order chi connectivity index (χ0) is 22.8. The van der Waals surface area contributed by atoms with Crippen LogP contribution in [0.2, 0.25) is 0 Å². The Hall–Kier alpha value is -2.07. The normalized spacial score (nSPS) is 12.6. The number of nitrogens with zero attached hydrogens (tertiary/aromatic N) is 3. The van der Waals surface area contributed by atoms with Crippen molar-refractivity contribution in [3.63, 3.8) is 0 Å². The van der Waals surface area contributed by atoms with Gasteiger partial charge in [0.2, 0.25) is 0 Å². The number of allylic oxidation sites excluding steroid dienone is 2. The third-order valence-corrected chi connectivity index (χ3v) is 5.42. The Labute approximate surface area is 183 Å². The lowest BCUT2D eigenvalue weighted by atomic mass is 9.89. The van der Waals surface area contributed by atoms with Crippen molar-refractivity contribution >= 4 is 5.57 Å². The van der Waals surface area contributed by atoms with E-state index < -0.39 is 0 Å². The molecule has 4 heteroatoms. The molecule has 0 radical (unpaired) electrons. The van der Waals surface area contributed by atoms with E-state index in [0.29, 0.717) is 11.8 Å². The van der Waals surface area contributed by atoms with Crippen LogP contribution < -0.4 is 0 Å². The second-order valence-electron chi connectivity index (χ2n) is 7.69. The summed E-state index contributed by atoms with van der Waals surface area (Å²) in [5.41, 5.74) is 8.18. The van der Waals surface area contributed by atoms with E-state index >= 15 is 0 Å². The first-order chi connectivity index (χ1) is 14.4. The molecule has 0 fully saturated rings. The average Bonchev–Trinajstić information content (AvgIpc) is 2.76. The van der Waals surface area contributed by atoms with Gasteiger partial charge >= 0.3 is 0 Å². The highest BCUT2D eigenvalue weighted by Crippen LogP contribution is 2.32. The fraction of sp³-hybridized carbons (Fsp3) is 0.577. The number of aryl methyl sites for hydroxylation is 3. The highest BCUT2D eigenvalue weighted by molar-refractivity contribution is 5.70. The summed E-state index contributed by atoms with van der Waals surface area (Å²) in [7, 11) is 0. The quantitative estimate of drug-likeness (QED) is 0.526. The Morgan fingerprint density at radius 3 is 2.20 bits per heavy atom. The first-order valence-corrected chi connectivity index (χ1v) is 11.5. The lowest BCUT2D eigenvalue weighted by molar-refractivity contribution is 0.270. The summed E-state index contributed by atoms with van der Waals surface area (Å²) in [5, 5.41) is 9.42. The maximum atomic E-state index is 9.42. The highest BCUT2D eigenvalue weighted by Gasteiger charge is 2.20. The molecule has 2 aromatic heterocycles. The van der Waals surface area contributed by atoms with Gasteiger partial charge < -0.3 is 5.11 Å². The molecule has 0 aliphatic heterocycles. The van der Waals surface area contributed by atoms with Crippen molar-refractivity contribution in [2.75, 3.05) is 6.61 Å². The molecule has 1 unspecified atom stereocenters. The van der Waals surface area contributed by atoms with Gasteiger partial charge in [-0.05, 0) is 69.6 Å². The van der Waals surface area contributed by atoms with Crippen molar-refractivity contribution in [1.29, 1.82) is 0 Å². The number of aromatic nitrogens is 3. The predicted octanol–water partition coefficient (Wildman–Crippen LogP) is 6.68. The topological polar surface area (TPSA) is 58.9 Å². The predicted molar refractivity (Wildman–Crippen MR) is 129 cm³/mol. The number of pyridine rings is 1. The van der Waals surface area contributed by atoms with Gasteiger partial charge in [0.25, 0.3) is 0 Å². The molecule has 2 rings (SSSR count). The van der Waals surface area contributed by atoms with Crippen molar-refractivity contribution < 1.29 is 5.11 Å². The number of rotatable bonds is 8. The van der Waals surface area contributed by atoms with Gasteiger partial charge in [0.1, 0.15) is 0 Å². The minimum Gasteiger partial charge on any atom is -0.396 e. The molecule has 0 amide bonds. The summed E-state index contributed by atoms with van der Waals surface area (Å²) in [4.78, 5) is 14.8. The van der Waals surface area contributed by atoms with Crippen molar-refractivity contribution in [3.8, 4) is 11.3 Å². The van der Waals surface area contributed by atoms with E-state index in [0.717, 1.165) is 59.0 Å². The molecule has 30 heavy (non-hydrogen) atoms. The molecule has 166 valence electrons. The third kappa shape index (κ3) is 5.98. The van der Waals surface area contributed by atoms with Gasteiger partial charge in [-0.25, -0.2) is 9.97 Å². The average molecular weight is 412 g/mol. The van der Waals surface area contributed by atoms with Crippen LogP contribution in [0, 0.1) is 19.8 Å². The van der Waals surface area contributed by atoms with E-state index in [1.54, 1.807) is 0 Å². The van der Waals surface area contributed by atoms with E-state index in [1.807, 2.05) is 34.6 Å². The molecule has 0 saturated carbocycles. The molecular weight excluding hydrogens is 370 g/mol. The first-order valence-electron chi connectivity index (χ1n) is 11.5. The molecule has 0 aromatic carbocycles. The van der Waals surface area contributed by atoms with Gasteiger partial charge in [-0.15, -0.1) is 0 Å². The summed E-state index contributed by atoms with van der Waals surface area (Å²) in [5.74, 6) is 0.705. The van der Waals surface area contributed by atoms with Crippen LogP contribution in [-0.2, 0) is 6.42 Å². The lowest BCUT2D eigenvalue weighted by Crippen LogP contribution is -2.11. The maximum Gasteiger partial charge on any atom is 0.0936 e. The summed E-state index contributed by atoms with van der Waals surface area (Å²) >= 11 is 0. The molecule has 2 heterocycles. The highest BCUT2D eigenvalue weighted by atomic mass is 16.3. The van der Waals surface area contributed by atoms with Crippen LogP contribution >= 0.6 is 0 Å². The number of hydrogen-bond donors (Lipinski definition) is 1. The number of aliphatic hydroxyl groups is 1. The summed E-state index contributed by atoms with van der Waals surface area (Å²) in [6.07, 6.45) is 4.71. The van der Waals surface area contributed by atoms with E-state index in [2.05, 4.69) is 45.9 Å². The van der Waals surface area contributed by atoms with Gasteiger partial charge in [-0.2, -0.15) is 0 Å². The Balaban J connectivity index is 0.00000218. The van der Waals surface area contributed by atoms with Crippen molar-refractivity contribution in [1.82, 2.24) is 15.0 Å². The van der Waals surface area contributed by atoms with Crippen LogP contribution in [0.4, 0.5) is 0 Å². The van der Waals surface area contributed by atoms with Crippen LogP contribution in [0.15, 0.2) is 18.2 Å². The van der Waals surface area contributed by atoms with Gasteiger partial charge in [-0.1, -0.05) is 47.6 Å². The standard InChI is InChI=1S/C24H35N3O.C2H6/c1-8-18(13-14-28)19(9-2)23-16(6)26-24(17(7)25-23)20-11-12-22(15(4)5)27-21(20)10-3;1-2/h9,11-12,15,18,28H,8,10,13-14H2,1-7H3;1-2H3/b19-9-;. The van der Waals surface area contributed by atoms with Gasteiger partial charge in [0.05, 0.1) is 22.8 Å². The van der Waals surface area contributed by atoms with Gasteiger partial charge in [-0.3, -0.25) is 4.98 Å². The monoisotopic (exact) mass is 411 g/mol. The Bertz CT molecular complexity index is 840. The summed E-state index contributed by atoms with van der Waals surface area (Å²) in [6, 6.07) is 4.25. The van der Waals surface area contributed by atoms with Crippen molar-refractivity contribution in [2.45, 2.75) is 87.5 Å². The molecule has 1 atom stereocenters. The molecule has 0 saturated heterocycles. The van der Waals surface area contributed by atoms with Crippen LogP contribution in [0.1, 0.15) is 95.7 Å². The van der Waals surface area contributed by atoms with E-state index in [4.69, 9.17) is 15.0 Å². The lowest BCUT2D eigenvalue weighted by Gasteiger charge is -2.20. The summed E-state index contributed by atoms with van der Waals surface area (Å²) in [6.45, 7) is 18.9. The fourth-order valence-electron chi connectivity index (χ4n) is 3.76. The molecule has 4 nitrogen and oxygen atoms in total. The van der Waals surface area contributed by atoms with Crippen LogP contribution in [0.3, 0.4) is 0 Å². The zero-order valence-corrected chi connectivity index (χ0v) is 20.5. The van der Waals surface area contributed by atoms with Crippen molar-refractivity contribution in [2.24, 2.45) is 5.92 Å². The fourth-order valence-corrected chi connectivity index (χ4v) is 3.76. The number of aliphatic hydroxyl groups excluding tert-OH is 1. The second-order valence-corrected chi connectivity index (χ2v) is 7.69. The first kappa shape index (κ1) is 26.0. The minimum absolute atomic E-state index is 0.188. The molecule has 0 spiro atoms. The largest absolute Gasteiger partial charge is 0.396 e. The minimum atomic E-state index is 0.188.